The second-order valence-corrected chi connectivity index (χ2v) is 11.0. The number of nitrogens with one attached hydrogen (secondary N) is 1. The summed E-state index contributed by atoms with van der Waals surface area (Å²) in [7, 11) is -3.72. The van der Waals surface area contributed by atoms with Crippen LogP contribution in [-0.2, 0) is 19.6 Å². The lowest BCUT2D eigenvalue weighted by Crippen LogP contribution is -2.41. The van der Waals surface area contributed by atoms with Crippen LogP contribution in [0.2, 0.25) is 0 Å². The number of sulfonamides is 1. The molecule has 1 N–H and O–H groups in total. The normalized spacial score (nSPS) is 19.3. The number of nitrogens with zero attached hydrogens (tertiary/aromatic N) is 2. The van der Waals surface area contributed by atoms with Gasteiger partial charge in [0, 0.05) is 35.7 Å². The van der Waals surface area contributed by atoms with E-state index in [4.69, 9.17) is 0 Å². The minimum Gasteiger partial charge on any atom is -0.322 e. The van der Waals surface area contributed by atoms with E-state index in [0.29, 0.717) is 35.5 Å². The van der Waals surface area contributed by atoms with Gasteiger partial charge in [-0.3, -0.25) is 9.59 Å². The highest BCUT2D eigenvalue weighted by Crippen LogP contribution is 2.38. The molecule has 0 aromatic heterocycles. The highest BCUT2D eigenvalue weighted by Gasteiger charge is 2.33. The number of benzene rings is 2. The van der Waals surface area contributed by atoms with E-state index in [9.17, 15) is 26.8 Å². The molecule has 1 fully saturated rings. The van der Waals surface area contributed by atoms with Crippen molar-refractivity contribution in [1.82, 2.24) is 4.31 Å². The van der Waals surface area contributed by atoms with E-state index in [1.165, 1.54) is 33.1 Å². The van der Waals surface area contributed by atoms with Crippen LogP contribution in [0.1, 0.15) is 19.8 Å². The highest BCUT2D eigenvalue weighted by molar-refractivity contribution is 7.99. The molecule has 0 unspecified atom stereocenters. The molecule has 0 bridgehead atoms. The SMILES string of the molecule is C[C@@H]1CSc2ccc(S(=O)(=O)N3CCCC3)cc2N(CC(=O)Nc2ccc(F)cc2F)C1=O. The molecule has 2 aromatic rings. The molecule has 0 saturated carbocycles. The van der Waals surface area contributed by atoms with Crippen molar-refractivity contribution >= 4 is 45.0 Å². The average molecular weight is 496 g/mol. The second kappa shape index (κ2) is 9.40. The summed E-state index contributed by atoms with van der Waals surface area (Å²) in [6.45, 7) is 2.17. The number of carbonyl (C=O) groups excluding carboxylic acids is 2. The van der Waals surface area contributed by atoms with Gasteiger partial charge in [-0.05, 0) is 43.2 Å². The van der Waals surface area contributed by atoms with Crippen LogP contribution in [-0.4, -0.2) is 49.9 Å². The number of anilines is 2. The first-order valence-electron chi connectivity index (χ1n) is 10.5. The van der Waals surface area contributed by atoms with Crippen molar-refractivity contribution in [3.8, 4) is 0 Å². The molecule has 33 heavy (non-hydrogen) atoms. The first-order chi connectivity index (χ1) is 15.7. The van der Waals surface area contributed by atoms with Crippen LogP contribution in [0.4, 0.5) is 20.2 Å². The molecule has 176 valence electrons. The quantitative estimate of drug-likeness (QED) is 0.687. The first-order valence-corrected chi connectivity index (χ1v) is 12.9. The van der Waals surface area contributed by atoms with Gasteiger partial charge in [-0.15, -0.1) is 11.8 Å². The Kier molecular flexibility index (Phi) is 6.73. The molecule has 4 rings (SSSR count). The maximum Gasteiger partial charge on any atom is 0.244 e. The fourth-order valence-electron chi connectivity index (χ4n) is 3.83. The standard InChI is InChI=1S/C22H23F2N3O4S2/c1-14-13-32-20-7-5-16(33(30,31)26-8-2-3-9-26)11-19(20)27(22(14)29)12-21(28)25-18-6-4-15(23)10-17(18)24/h4-7,10-11,14H,2-3,8-9,12-13H2,1H3,(H,25,28)/t14-/m1/s1. The number of hydrogen-bond acceptors (Lipinski definition) is 5. The van der Waals surface area contributed by atoms with Gasteiger partial charge in [0.15, 0.2) is 0 Å². The summed E-state index contributed by atoms with van der Waals surface area (Å²) in [5.41, 5.74) is 0.112. The Hall–Kier alpha value is -2.50. The third-order valence-corrected chi connectivity index (χ3v) is 8.82. The summed E-state index contributed by atoms with van der Waals surface area (Å²) in [4.78, 5) is 27.7. The Bertz CT molecular complexity index is 1200. The van der Waals surface area contributed by atoms with Gasteiger partial charge in [0.1, 0.15) is 18.2 Å². The van der Waals surface area contributed by atoms with Crippen LogP contribution >= 0.6 is 11.8 Å². The molecule has 11 heteroatoms. The van der Waals surface area contributed by atoms with Crippen LogP contribution in [0.5, 0.6) is 0 Å². The fraction of sp³-hybridized carbons (Fsp3) is 0.364. The van der Waals surface area contributed by atoms with Gasteiger partial charge in [-0.2, -0.15) is 4.31 Å². The van der Waals surface area contributed by atoms with Crippen LogP contribution in [0.3, 0.4) is 0 Å². The van der Waals surface area contributed by atoms with Crippen molar-refractivity contribution in [3.63, 3.8) is 0 Å². The zero-order valence-corrected chi connectivity index (χ0v) is 19.5. The van der Waals surface area contributed by atoms with Crippen LogP contribution in [0, 0.1) is 17.6 Å². The Balaban J connectivity index is 1.65. The van der Waals surface area contributed by atoms with E-state index in [1.54, 1.807) is 13.0 Å². The molecular weight excluding hydrogens is 472 g/mol. The molecule has 0 aliphatic carbocycles. The highest BCUT2D eigenvalue weighted by atomic mass is 32.2. The molecule has 1 atom stereocenters. The van der Waals surface area contributed by atoms with Crippen LogP contribution in [0.25, 0.3) is 0 Å². The topological polar surface area (TPSA) is 86.8 Å². The monoisotopic (exact) mass is 495 g/mol. The lowest BCUT2D eigenvalue weighted by molar-refractivity contribution is -0.123. The van der Waals surface area contributed by atoms with Gasteiger partial charge in [0.05, 0.1) is 16.3 Å². The summed E-state index contributed by atoms with van der Waals surface area (Å²) in [6, 6.07) is 7.36. The maximum atomic E-state index is 14.0. The average Bonchev–Trinajstić information content (AvgIpc) is 3.30. The third kappa shape index (κ3) is 4.90. The zero-order valence-electron chi connectivity index (χ0n) is 17.9. The maximum absolute atomic E-state index is 14.0. The Morgan fingerprint density at radius 1 is 1.15 bits per heavy atom. The van der Waals surface area contributed by atoms with E-state index in [1.807, 2.05) is 0 Å². The fourth-order valence-corrected chi connectivity index (χ4v) is 6.42. The van der Waals surface area contributed by atoms with Gasteiger partial charge >= 0.3 is 0 Å². The molecule has 2 aliphatic heterocycles. The van der Waals surface area contributed by atoms with E-state index in [0.717, 1.165) is 25.0 Å². The lowest BCUT2D eigenvalue weighted by Gasteiger charge is -2.25. The summed E-state index contributed by atoms with van der Waals surface area (Å²) in [6.07, 6.45) is 1.59. The number of carbonyl (C=O) groups is 2. The smallest absolute Gasteiger partial charge is 0.244 e. The number of fused-ring (bicyclic) bond motifs is 1. The molecule has 2 amide bonds. The Labute approximate surface area is 195 Å². The van der Waals surface area contributed by atoms with Crippen molar-refractivity contribution in [2.75, 3.05) is 35.6 Å². The molecule has 2 aromatic carbocycles. The minimum atomic E-state index is -3.72. The Morgan fingerprint density at radius 3 is 2.58 bits per heavy atom. The van der Waals surface area contributed by atoms with Crippen molar-refractivity contribution in [2.24, 2.45) is 5.92 Å². The molecule has 0 radical (unpaired) electrons. The van der Waals surface area contributed by atoms with Gasteiger partial charge in [-0.1, -0.05) is 6.92 Å². The zero-order chi connectivity index (χ0) is 23.8. The van der Waals surface area contributed by atoms with Gasteiger partial charge in [-0.25, -0.2) is 17.2 Å². The van der Waals surface area contributed by atoms with Crippen molar-refractivity contribution in [3.05, 3.63) is 48.0 Å². The summed E-state index contributed by atoms with van der Waals surface area (Å²) in [5, 5.41) is 2.35. The van der Waals surface area contributed by atoms with Gasteiger partial charge in [0.2, 0.25) is 21.8 Å². The predicted octanol–water partition coefficient (Wildman–Crippen LogP) is 3.46. The summed E-state index contributed by atoms with van der Waals surface area (Å²) < 4.78 is 54.6. The number of hydrogen-bond donors (Lipinski definition) is 1. The Morgan fingerprint density at radius 2 is 1.88 bits per heavy atom. The molecular formula is C22H23F2N3O4S2. The summed E-state index contributed by atoms with van der Waals surface area (Å²) in [5.74, 6) is -2.70. The van der Waals surface area contributed by atoms with E-state index >= 15 is 0 Å². The minimum absolute atomic E-state index is 0.0566. The molecule has 1 saturated heterocycles. The van der Waals surface area contributed by atoms with Crippen molar-refractivity contribution in [2.45, 2.75) is 29.6 Å². The lowest BCUT2D eigenvalue weighted by atomic mass is 10.1. The molecule has 0 spiro atoms. The van der Waals surface area contributed by atoms with Crippen molar-refractivity contribution in [1.29, 1.82) is 0 Å². The molecule has 7 nitrogen and oxygen atoms in total. The summed E-state index contributed by atoms with van der Waals surface area (Å²) >= 11 is 1.41. The van der Waals surface area contributed by atoms with Gasteiger partial charge < -0.3 is 10.2 Å². The van der Waals surface area contributed by atoms with Gasteiger partial charge in [0.25, 0.3) is 0 Å². The number of amides is 2. The number of thioether (sulfide) groups is 1. The first kappa shape index (κ1) is 23.7. The number of rotatable bonds is 5. The molecule has 2 heterocycles. The predicted molar refractivity (Wildman–Crippen MR) is 122 cm³/mol. The van der Waals surface area contributed by atoms with E-state index in [2.05, 4.69) is 5.32 Å². The molecule has 2 aliphatic rings. The third-order valence-electron chi connectivity index (χ3n) is 5.61. The van der Waals surface area contributed by atoms with Crippen LogP contribution < -0.4 is 10.2 Å². The van der Waals surface area contributed by atoms with E-state index in [-0.39, 0.29) is 16.5 Å². The largest absolute Gasteiger partial charge is 0.322 e. The van der Waals surface area contributed by atoms with Crippen LogP contribution in [0.15, 0.2) is 46.2 Å². The second-order valence-electron chi connectivity index (χ2n) is 8.05. The van der Waals surface area contributed by atoms with E-state index < -0.39 is 40.0 Å². The van der Waals surface area contributed by atoms with Crippen molar-refractivity contribution < 1.29 is 26.8 Å². The number of halogens is 2.